The third kappa shape index (κ3) is 9.97. The van der Waals surface area contributed by atoms with E-state index in [2.05, 4.69) is 81.4 Å². The summed E-state index contributed by atoms with van der Waals surface area (Å²) < 4.78 is -0.936. The van der Waals surface area contributed by atoms with Gasteiger partial charge in [0.2, 0.25) is 0 Å². The average Bonchev–Trinajstić information content (AvgIpc) is 2.87. The van der Waals surface area contributed by atoms with Crippen LogP contribution in [-0.4, -0.2) is 19.7 Å². The summed E-state index contributed by atoms with van der Waals surface area (Å²) in [4.78, 5) is 0. The van der Waals surface area contributed by atoms with Crippen molar-refractivity contribution in [3.63, 3.8) is 0 Å². The Kier molecular flexibility index (Phi) is 13.7. The summed E-state index contributed by atoms with van der Waals surface area (Å²) >= 11 is 1.80. The number of hydrogen-bond donors (Lipinski definition) is 2. The van der Waals surface area contributed by atoms with Crippen molar-refractivity contribution in [2.45, 2.75) is 156 Å². The van der Waals surface area contributed by atoms with E-state index in [1.165, 1.54) is 51.4 Å². The smallest absolute Gasteiger partial charge is 0.109 e. The van der Waals surface area contributed by atoms with Gasteiger partial charge >= 0.3 is 0 Å². The largest absolute Gasteiger partial charge is 0.511 e. The van der Waals surface area contributed by atoms with Crippen LogP contribution in [0.15, 0.2) is 48.0 Å². The SMILES string of the molecule is CCCCC(CCCC1C=CC=C(O)C1(C)SC1(C)C(O)=CC=CC1CCCC(CCCC)C(C)(C)C)C(C)(C)C. The van der Waals surface area contributed by atoms with Crippen LogP contribution in [0.2, 0.25) is 0 Å². The summed E-state index contributed by atoms with van der Waals surface area (Å²) in [5.74, 6) is 2.82. The van der Waals surface area contributed by atoms with Gasteiger partial charge in [-0.3, -0.25) is 0 Å². The Labute approximate surface area is 259 Å². The van der Waals surface area contributed by atoms with E-state index in [1.54, 1.807) is 11.8 Å². The summed E-state index contributed by atoms with van der Waals surface area (Å²) in [7, 11) is 0. The number of hydrogen-bond acceptors (Lipinski definition) is 3. The first-order valence-corrected chi connectivity index (χ1v) is 17.8. The topological polar surface area (TPSA) is 40.5 Å². The van der Waals surface area contributed by atoms with Crippen LogP contribution in [0, 0.1) is 34.5 Å². The van der Waals surface area contributed by atoms with Gasteiger partial charge in [-0.2, -0.15) is 0 Å². The molecule has 0 bridgehead atoms. The molecule has 2 N–H and O–H groups in total. The molecule has 0 saturated carbocycles. The maximum atomic E-state index is 11.4. The molecule has 236 valence electrons. The summed E-state index contributed by atoms with van der Waals surface area (Å²) in [6.45, 7) is 23.4. The second-order valence-electron chi connectivity index (χ2n) is 15.7. The van der Waals surface area contributed by atoms with Crippen molar-refractivity contribution in [3.05, 3.63) is 48.0 Å². The Balaban J connectivity index is 2.17. The fraction of sp³-hybridized carbons (Fsp3) is 0.789. The number of aliphatic hydroxyl groups is 2. The van der Waals surface area contributed by atoms with Gasteiger partial charge in [-0.25, -0.2) is 0 Å². The normalized spacial score (nSPS) is 28.3. The van der Waals surface area contributed by atoms with Crippen LogP contribution in [-0.2, 0) is 0 Å². The van der Waals surface area contributed by atoms with Gasteiger partial charge in [0.15, 0.2) is 0 Å². The van der Waals surface area contributed by atoms with Gasteiger partial charge in [0.05, 0.1) is 9.49 Å². The number of allylic oxidation sites excluding steroid dienone is 6. The van der Waals surface area contributed by atoms with E-state index in [0.717, 1.165) is 37.5 Å². The lowest BCUT2D eigenvalue weighted by molar-refractivity contribution is 0.197. The van der Waals surface area contributed by atoms with Crippen LogP contribution in [0.4, 0.5) is 0 Å². The predicted octanol–water partition coefficient (Wildman–Crippen LogP) is 12.5. The first-order chi connectivity index (χ1) is 19.1. The molecule has 0 spiro atoms. The van der Waals surface area contributed by atoms with Crippen LogP contribution in [0.5, 0.6) is 0 Å². The molecule has 6 atom stereocenters. The fourth-order valence-corrected chi connectivity index (χ4v) is 9.09. The number of aliphatic hydroxyl groups excluding tert-OH is 2. The molecule has 2 aliphatic carbocycles. The molecule has 0 aromatic carbocycles. The molecular weight excluding hydrogens is 520 g/mol. The van der Waals surface area contributed by atoms with Gasteiger partial charge < -0.3 is 10.2 Å². The van der Waals surface area contributed by atoms with Gasteiger partial charge in [-0.05, 0) is 99.0 Å². The molecular formula is C38H66O2S. The van der Waals surface area contributed by atoms with Crippen LogP contribution in [0.1, 0.15) is 146 Å². The molecule has 0 saturated heterocycles. The highest BCUT2D eigenvalue weighted by molar-refractivity contribution is 8.02. The molecule has 0 fully saturated rings. The lowest BCUT2D eigenvalue weighted by atomic mass is 9.74. The Hall–Kier alpha value is -1.09. The molecule has 2 rings (SSSR count). The summed E-state index contributed by atoms with van der Waals surface area (Å²) in [5, 5.41) is 22.7. The molecule has 6 unspecified atom stereocenters. The molecule has 0 aromatic rings. The van der Waals surface area contributed by atoms with E-state index in [4.69, 9.17) is 0 Å². The minimum Gasteiger partial charge on any atom is -0.511 e. The number of thioether (sulfide) groups is 1. The molecule has 3 heteroatoms. The highest BCUT2D eigenvalue weighted by Crippen LogP contribution is 2.55. The first-order valence-electron chi connectivity index (χ1n) is 17.0. The van der Waals surface area contributed by atoms with Crippen molar-refractivity contribution in [3.8, 4) is 0 Å². The Morgan fingerprint density at radius 3 is 1.32 bits per heavy atom. The summed E-state index contributed by atoms with van der Waals surface area (Å²) in [6, 6.07) is 0. The van der Waals surface area contributed by atoms with Crippen molar-refractivity contribution in [1.82, 2.24) is 0 Å². The van der Waals surface area contributed by atoms with Crippen molar-refractivity contribution in [1.29, 1.82) is 0 Å². The monoisotopic (exact) mass is 586 g/mol. The van der Waals surface area contributed by atoms with Crippen molar-refractivity contribution in [2.75, 3.05) is 0 Å². The van der Waals surface area contributed by atoms with Gasteiger partial charge in [-0.1, -0.05) is 118 Å². The summed E-state index contributed by atoms with van der Waals surface area (Å²) in [5.41, 5.74) is 0.651. The van der Waals surface area contributed by atoms with E-state index >= 15 is 0 Å². The van der Waals surface area contributed by atoms with Crippen LogP contribution in [0.25, 0.3) is 0 Å². The van der Waals surface area contributed by atoms with E-state index in [0.29, 0.717) is 22.3 Å². The molecule has 0 radical (unpaired) electrons. The zero-order valence-electron chi connectivity index (χ0n) is 28.6. The zero-order chi connectivity index (χ0) is 30.9. The van der Waals surface area contributed by atoms with Crippen LogP contribution >= 0.6 is 11.8 Å². The lowest BCUT2D eigenvalue weighted by Crippen LogP contribution is -2.44. The van der Waals surface area contributed by atoms with Gasteiger partial charge in [0.25, 0.3) is 0 Å². The van der Waals surface area contributed by atoms with Gasteiger partial charge in [0, 0.05) is 0 Å². The third-order valence-electron chi connectivity index (χ3n) is 10.4. The molecule has 0 aliphatic heterocycles. The number of unbranched alkanes of at least 4 members (excludes halogenated alkanes) is 2. The highest BCUT2D eigenvalue weighted by Gasteiger charge is 2.49. The Bertz CT molecular complexity index is 840. The fourth-order valence-electron chi connectivity index (χ4n) is 7.17. The quantitative estimate of drug-likeness (QED) is 0.189. The van der Waals surface area contributed by atoms with E-state index in [-0.39, 0.29) is 11.8 Å². The predicted molar refractivity (Wildman–Crippen MR) is 184 cm³/mol. The molecule has 41 heavy (non-hydrogen) atoms. The molecule has 0 amide bonds. The van der Waals surface area contributed by atoms with Gasteiger partial charge in [0.1, 0.15) is 11.5 Å². The molecule has 2 aliphatic rings. The first kappa shape index (κ1) is 36.1. The maximum Gasteiger partial charge on any atom is 0.109 e. The molecule has 2 nitrogen and oxygen atoms in total. The minimum atomic E-state index is -0.468. The lowest BCUT2D eigenvalue weighted by Gasteiger charge is -2.47. The second kappa shape index (κ2) is 15.6. The Morgan fingerprint density at radius 2 is 1.00 bits per heavy atom. The average molecular weight is 587 g/mol. The minimum absolute atomic E-state index is 0.236. The van der Waals surface area contributed by atoms with Gasteiger partial charge in [-0.15, -0.1) is 11.8 Å². The standard InChI is InChI=1S/C38H66O2S/c1-11-13-19-29(35(3,4)5)21-15-23-31-25-17-27-33(39)37(31,9)41-38(10)32(26-18-28-34(38)40)24-16-22-30(20-14-12-2)36(6,7)8/h17-18,25-32,39-40H,11-16,19-24H2,1-10H3. The van der Waals surface area contributed by atoms with Crippen LogP contribution < -0.4 is 0 Å². The van der Waals surface area contributed by atoms with Crippen molar-refractivity contribution < 1.29 is 10.2 Å². The number of rotatable bonds is 16. The third-order valence-corrected chi connectivity index (χ3v) is 12.3. The van der Waals surface area contributed by atoms with E-state index in [1.807, 2.05) is 24.3 Å². The van der Waals surface area contributed by atoms with Crippen molar-refractivity contribution >= 4 is 11.8 Å². The maximum absolute atomic E-state index is 11.4. The summed E-state index contributed by atoms with van der Waals surface area (Å²) in [6.07, 6.45) is 27.1. The highest BCUT2D eigenvalue weighted by atomic mass is 32.2. The van der Waals surface area contributed by atoms with E-state index in [9.17, 15) is 10.2 Å². The second-order valence-corrected chi connectivity index (χ2v) is 17.6. The van der Waals surface area contributed by atoms with E-state index < -0.39 is 9.49 Å². The van der Waals surface area contributed by atoms with Crippen LogP contribution in [0.3, 0.4) is 0 Å². The zero-order valence-corrected chi connectivity index (χ0v) is 29.4. The molecule has 0 heterocycles. The van der Waals surface area contributed by atoms with Crippen molar-refractivity contribution in [2.24, 2.45) is 34.5 Å². The Morgan fingerprint density at radius 1 is 0.659 bits per heavy atom. The molecule has 0 aromatic heterocycles.